The Balaban J connectivity index is 2.15. The summed E-state index contributed by atoms with van der Waals surface area (Å²) in [7, 11) is 0. The van der Waals surface area contributed by atoms with E-state index in [0.717, 1.165) is 42.4 Å². The molecule has 2 aliphatic rings. The molecule has 1 aromatic rings. The fourth-order valence-electron chi connectivity index (χ4n) is 3.13. The first-order valence-electron chi connectivity index (χ1n) is 6.78. The number of aliphatic hydroxyl groups is 1. The topological polar surface area (TPSA) is 46.5 Å². The molecule has 1 heterocycles. The Morgan fingerprint density at radius 1 is 1.21 bits per heavy atom. The van der Waals surface area contributed by atoms with Crippen molar-refractivity contribution in [2.45, 2.75) is 45.1 Å². The van der Waals surface area contributed by atoms with E-state index >= 15 is 0 Å². The predicted molar refractivity (Wildman–Crippen MR) is 72.8 cm³/mol. The van der Waals surface area contributed by atoms with E-state index in [1.54, 1.807) is 0 Å². The third-order valence-corrected chi connectivity index (χ3v) is 4.23. The lowest BCUT2D eigenvalue weighted by Gasteiger charge is -2.21. The smallest absolute Gasteiger partial charge is 0.343 e. The normalized spacial score (nSPS) is 21.3. The number of benzene rings is 1. The molecule has 1 saturated carbocycles. The van der Waals surface area contributed by atoms with E-state index in [4.69, 9.17) is 4.74 Å². The number of rotatable bonds is 1. The molecule has 1 spiro atoms. The van der Waals surface area contributed by atoms with Crippen LogP contribution in [0, 0.1) is 13.8 Å². The number of carbonyl (C=O) groups is 1. The van der Waals surface area contributed by atoms with Crippen LogP contribution in [-0.4, -0.2) is 16.7 Å². The van der Waals surface area contributed by atoms with Crippen molar-refractivity contribution in [3.63, 3.8) is 0 Å². The van der Waals surface area contributed by atoms with Gasteiger partial charge < -0.3 is 9.84 Å². The maximum atomic E-state index is 12.2. The number of aliphatic hydroxyl groups excluding tert-OH is 1. The van der Waals surface area contributed by atoms with Gasteiger partial charge in [-0.05, 0) is 50.7 Å². The molecule has 1 N–H and O–H groups in total. The minimum absolute atomic E-state index is 0.142. The van der Waals surface area contributed by atoms with Crippen LogP contribution < -0.4 is 0 Å². The van der Waals surface area contributed by atoms with Gasteiger partial charge in [0.2, 0.25) is 0 Å². The Bertz CT molecular complexity index is 578. The van der Waals surface area contributed by atoms with Gasteiger partial charge in [0, 0.05) is 0 Å². The highest BCUT2D eigenvalue weighted by atomic mass is 16.6. The molecule has 0 amide bonds. The molecule has 0 unspecified atom stereocenters. The molecule has 1 aliphatic heterocycles. The number of ether oxygens (including phenoxy) is 1. The highest BCUT2D eigenvalue weighted by molar-refractivity contribution is 6.20. The highest BCUT2D eigenvalue weighted by Crippen LogP contribution is 2.46. The minimum Gasteiger partial charge on any atom is -0.507 e. The van der Waals surface area contributed by atoms with Gasteiger partial charge in [0.25, 0.3) is 0 Å². The standard InChI is InChI=1S/C16H18O3/c1-10-5-6-11(2)12(9-10)13-14(17)16(19-15(13)18)7-3-4-8-16/h5-6,9,17H,3-4,7-8H2,1-2H3. The molecule has 0 atom stereocenters. The van der Waals surface area contributed by atoms with Gasteiger partial charge in [-0.15, -0.1) is 0 Å². The van der Waals surface area contributed by atoms with E-state index in [-0.39, 0.29) is 11.7 Å². The Kier molecular flexibility index (Phi) is 2.66. The van der Waals surface area contributed by atoms with Crippen LogP contribution >= 0.6 is 0 Å². The Hall–Kier alpha value is -1.77. The van der Waals surface area contributed by atoms with Crippen LogP contribution in [0.3, 0.4) is 0 Å². The second-order valence-corrected chi connectivity index (χ2v) is 5.63. The molecule has 3 heteroatoms. The van der Waals surface area contributed by atoms with Crippen molar-refractivity contribution in [2.75, 3.05) is 0 Å². The van der Waals surface area contributed by atoms with Crippen molar-refractivity contribution >= 4 is 11.5 Å². The molecule has 1 aliphatic carbocycles. The van der Waals surface area contributed by atoms with Gasteiger partial charge in [0.1, 0.15) is 5.57 Å². The molecular weight excluding hydrogens is 240 g/mol. The van der Waals surface area contributed by atoms with Crippen molar-refractivity contribution in [1.29, 1.82) is 0 Å². The van der Waals surface area contributed by atoms with Crippen LogP contribution in [0.1, 0.15) is 42.4 Å². The molecule has 0 saturated heterocycles. The predicted octanol–water partition coefficient (Wildman–Crippen LogP) is 3.44. The average Bonchev–Trinajstić information content (AvgIpc) is 2.91. The van der Waals surface area contributed by atoms with Crippen molar-refractivity contribution in [1.82, 2.24) is 0 Å². The lowest BCUT2D eigenvalue weighted by molar-refractivity contribution is -0.146. The third kappa shape index (κ3) is 1.76. The van der Waals surface area contributed by atoms with Crippen molar-refractivity contribution in [3.05, 3.63) is 40.6 Å². The SMILES string of the molecule is Cc1ccc(C)c(C2=C(O)C3(CCCC3)OC2=O)c1. The summed E-state index contributed by atoms with van der Waals surface area (Å²) < 4.78 is 5.52. The largest absolute Gasteiger partial charge is 0.507 e. The van der Waals surface area contributed by atoms with Gasteiger partial charge in [-0.1, -0.05) is 23.8 Å². The molecule has 1 fully saturated rings. The number of carbonyl (C=O) groups excluding carboxylic acids is 1. The summed E-state index contributed by atoms with van der Waals surface area (Å²) in [5.41, 5.74) is 2.48. The van der Waals surface area contributed by atoms with Crippen LogP contribution in [-0.2, 0) is 9.53 Å². The van der Waals surface area contributed by atoms with Crippen molar-refractivity contribution in [2.24, 2.45) is 0 Å². The van der Waals surface area contributed by atoms with E-state index in [2.05, 4.69) is 0 Å². The number of hydrogen-bond donors (Lipinski definition) is 1. The minimum atomic E-state index is -0.734. The van der Waals surface area contributed by atoms with Gasteiger partial charge in [-0.25, -0.2) is 4.79 Å². The van der Waals surface area contributed by atoms with E-state index in [0.29, 0.717) is 5.57 Å². The lowest BCUT2D eigenvalue weighted by Crippen LogP contribution is -2.27. The zero-order valence-corrected chi connectivity index (χ0v) is 11.3. The molecule has 1 aromatic carbocycles. The Labute approximate surface area is 112 Å². The summed E-state index contributed by atoms with van der Waals surface area (Å²) >= 11 is 0. The van der Waals surface area contributed by atoms with E-state index < -0.39 is 5.60 Å². The highest BCUT2D eigenvalue weighted by Gasteiger charge is 2.50. The zero-order valence-electron chi connectivity index (χ0n) is 11.3. The first-order valence-corrected chi connectivity index (χ1v) is 6.78. The fourth-order valence-corrected chi connectivity index (χ4v) is 3.13. The lowest BCUT2D eigenvalue weighted by atomic mass is 9.93. The van der Waals surface area contributed by atoms with Gasteiger partial charge >= 0.3 is 5.97 Å². The van der Waals surface area contributed by atoms with Gasteiger partial charge in [-0.3, -0.25) is 0 Å². The third-order valence-electron chi connectivity index (χ3n) is 4.23. The summed E-state index contributed by atoms with van der Waals surface area (Å²) in [6.07, 6.45) is 3.46. The molecule has 100 valence electrons. The first-order chi connectivity index (χ1) is 9.03. The van der Waals surface area contributed by atoms with Crippen LogP contribution in [0.5, 0.6) is 0 Å². The molecule has 3 nitrogen and oxygen atoms in total. The zero-order chi connectivity index (χ0) is 13.6. The maximum absolute atomic E-state index is 12.2. The maximum Gasteiger partial charge on any atom is 0.343 e. The molecule has 3 rings (SSSR count). The Morgan fingerprint density at radius 2 is 1.89 bits per heavy atom. The first kappa shape index (κ1) is 12.3. The van der Waals surface area contributed by atoms with Crippen molar-refractivity contribution < 1.29 is 14.6 Å². The van der Waals surface area contributed by atoms with Crippen LogP contribution in [0.2, 0.25) is 0 Å². The quantitative estimate of drug-likeness (QED) is 0.785. The number of hydrogen-bond acceptors (Lipinski definition) is 3. The summed E-state index contributed by atoms with van der Waals surface area (Å²) in [6.45, 7) is 3.92. The van der Waals surface area contributed by atoms with Crippen LogP contribution in [0.15, 0.2) is 24.0 Å². The Morgan fingerprint density at radius 3 is 2.58 bits per heavy atom. The van der Waals surface area contributed by atoms with Crippen molar-refractivity contribution in [3.8, 4) is 0 Å². The van der Waals surface area contributed by atoms with Crippen LogP contribution in [0.4, 0.5) is 0 Å². The summed E-state index contributed by atoms with van der Waals surface area (Å²) in [6, 6.07) is 5.91. The monoisotopic (exact) mass is 258 g/mol. The molecule has 0 radical (unpaired) electrons. The molecule has 19 heavy (non-hydrogen) atoms. The van der Waals surface area contributed by atoms with Gasteiger partial charge in [0.15, 0.2) is 11.4 Å². The second kappa shape index (κ2) is 4.12. The molecule has 0 aromatic heterocycles. The number of esters is 1. The number of aryl methyl sites for hydroxylation is 2. The van der Waals surface area contributed by atoms with Crippen LogP contribution in [0.25, 0.3) is 5.57 Å². The fraction of sp³-hybridized carbons (Fsp3) is 0.438. The molecular formula is C16H18O3. The van der Waals surface area contributed by atoms with E-state index in [9.17, 15) is 9.90 Å². The molecule has 0 bridgehead atoms. The summed E-state index contributed by atoms with van der Waals surface area (Å²) in [5, 5.41) is 10.5. The van der Waals surface area contributed by atoms with Gasteiger partial charge in [-0.2, -0.15) is 0 Å². The summed E-state index contributed by atoms with van der Waals surface area (Å²) in [4.78, 5) is 12.2. The second-order valence-electron chi connectivity index (χ2n) is 5.63. The van der Waals surface area contributed by atoms with E-state index in [1.165, 1.54) is 0 Å². The van der Waals surface area contributed by atoms with Gasteiger partial charge in [0.05, 0.1) is 0 Å². The van der Waals surface area contributed by atoms with E-state index in [1.807, 2.05) is 32.0 Å². The average molecular weight is 258 g/mol. The summed E-state index contributed by atoms with van der Waals surface area (Å²) in [5.74, 6) is -0.239.